The number of hydrogen-bond donors (Lipinski definition) is 4. The summed E-state index contributed by atoms with van der Waals surface area (Å²) in [5.41, 5.74) is 3.23. The molecule has 0 bridgehead atoms. The van der Waals surface area contributed by atoms with Crippen LogP contribution >= 0.6 is 0 Å². The van der Waals surface area contributed by atoms with Gasteiger partial charge in [0, 0.05) is 45.6 Å². The zero-order valence-corrected chi connectivity index (χ0v) is 25.3. The number of rotatable bonds is 17. The molecule has 0 spiro atoms. The van der Waals surface area contributed by atoms with Gasteiger partial charge in [0.2, 0.25) is 5.79 Å². The number of nitrogens with one attached hydrogen (secondary N) is 3. The summed E-state index contributed by atoms with van der Waals surface area (Å²) in [6, 6.07) is 13.6. The molecule has 2 aliphatic rings. The van der Waals surface area contributed by atoms with E-state index in [0.29, 0.717) is 19.6 Å². The van der Waals surface area contributed by atoms with Gasteiger partial charge in [0.15, 0.2) is 0 Å². The quantitative estimate of drug-likeness (QED) is 0.158. The fourth-order valence-corrected chi connectivity index (χ4v) is 5.37. The van der Waals surface area contributed by atoms with Crippen molar-refractivity contribution in [2.45, 2.75) is 96.2 Å². The first-order valence-corrected chi connectivity index (χ1v) is 15.3. The number of carbonyl (C=O) groups is 2. The zero-order chi connectivity index (χ0) is 30.0. The van der Waals surface area contributed by atoms with E-state index in [-0.39, 0.29) is 5.91 Å². The lowest BCUT2D eigenvalue weighted by molar-refractivity contribution is -0.180. The second-order valence-electron chi connectivity index (χ2n) is 12.1. The Labute approximate surface area is 249 Å². The SMILES string of the molecule is CC1(C)OCc2cc(C(O)CNCCCCCCOCCCCc3cccc(CC4(C)NC(=O)NC4=O)c3)ccc2O1. The maximum Gasteiger partial charge on any atom is 0.322 e. The van der Waals surface area contributed by atoms with Crippen LogP contribution in [0.4, 0.5) is 4.79 Å². The number of benzene rings is 2. The normalized spacial score (nSPS) is 20.0. The van der Waals surface area contributed by atoms with Crippen molar-refractivity contribution < 1.29 is 28.9 Å². The Kier molecular flexibility index (Phi) is 11.4. The molecule has 0 aromatic heterocycles. The van der Waals surface area contributed by atoms with Crippen LogP contribution in [-0.4, -0.2) is 54.7 Å². The number of carbonyl (C=O) groups excluding carboxylic acids is 2. The minimum Gasteiger partial charge on any atom is -0.463 e. The molecule has 230 valence electrons. The van der Waals surface area contributed by atoms with Crippen molar-refractivity contribution in [3.05, 3.63) is 64.7 Å². The van der Waals surface area contributed by atoms with Gasteiger partial charge in [-0.1, -0.05) is 43.2 Å². The highest BCUT2D eigenvalue weighted by Crippen LogP contribution is 2.32. The van der Waals surface area contributed by atoms with Gasteiger partial charge in [-0.25, -0.2) is 4.79 Å². The predicted octanol–water partition coefficient (Wildman–Crippen LogP) is 4.70. The molecule has 2 aliphatic heterocycles. The molecule has 4 rings (SSSR count). The summed E-state index contributed by atoms with van der Waals surface area (Å²) in [5.74, 6) is -0.0710. The Balaban J connectivity index is 0.982. The number of imide groups is 1. The van der Waals surface area contributed by atoms with Gasteiger partial charge >= 0.3 is 6.03 Å². The van der Waals surface area contributed by atoms with Crippen molar-refractivity contribution in [1.82, 2.24) is 16.0 Å². The summed E-state index contributed by atoms with van der Waals surface area (Å²) in [4.78, 5) is 23.6. The highest BCUT2D eigenvalue weighted by atomic mass is 16.7. The Morgan fingerprint density at radius 1 is 0.976 bits per heavy atom. The van der Waals surface area contributed by atoms with Crippen molar-refractivity contribution in [2.24, 2.45) is 0 Å². The van der Waals surface area contributed by atoms with E-state index in [4.69, 9.17) is 14.2 Å². The van der Waals surface area contributed by atoms with Gasteiger partial charge < -0.3 is 30.0 Å². The van der Waals surface area contributed by atoms with Crippen LogP contribution in [0.5, 0.6) is 5.75 Å². The lowest BCUT2D eigenvalue weighted by Gasteiger charge is -2.33. The van der Waals surface area contributed by atoms with E-state index in [9.17, 15) is 14.7 Å². The number of aryl methyl sites for hydroxylation is 1. The maximum atomic E-state index is 12.1. The van der Waals surface area contributed by atoms with E-state index in [1.54, 1.807) is 6.92 Å². The van der Waals surface area contributed by atoms with Crippen LogP contribution in [0.2, 0.25) is 0 Å². The van der Waals surface area contributed by atoms with Gasteiger partial charge in [-0.05, 0) is 74.4 Å². The number of aliphatic hydroxyl groups is 1. The smallest absolute Gasteiger partial charge is 0.322 e. The van der Waals surface area contributed by atoms with Crippen LogP contribution in [-0.2, 0) is 33.7 Å². The first kappa shape index (κ1) is 31.9. The summed E-state index contributed by atoms with van der Waals surface area (Å²) in [5, 5.41) is 19.0. The Hall–Kier alpha value is -2.98. The van der Waals surface area contributed by atoms with Crippen molar-refractivity contribution in [3.63, 3.8) is 0 Å². The minimum absolute atomic E-state index is 0.277. The van der Waals surface area contributed by atoms with Crippen molar-refractivity contribution in [3.8, 4) is 5.75 Å². The summed E-state index contributed by atoms with van der Waals surface area (Å²) in [6.45, 7) is 8.99. The molecule has 3 amide bonds. The van der Waals surface area contributed by atoms with Crippen molar-refractivity contribution in [2.75, 3.05) is 26.3 Å². The summed E-state index contributed by atoms with van der Waals surface area (Å²) in [6.07, 6.45) is 7.33. The zero-order valence-electron chi connectivity index (χ0n) is 25.3. The number of ether oxygens (including phenoxy) is 3. The number of amides is 3. The Bertz CT molecular complexity index is 1200. The monoisotopic (exact) mass is 581 g/mol. The van der Waals surface area contributed by atoms with Crippen LogP contribution in [0.25, 0.3) is 0 Å². The van der Waals surface area contributed by atoms with Crippen molar-refractivity contribution >= 4 is 11.9 Å². The molecule has 1 fully saturated rings. The van der Waals surface area contributed by atoms with Gasteiger partial charge in [0.1, 0.15) is 11.3 Å². The average molecular weight is 582 g/mol. The van der Waals surface area contributed by atoms with E-state index in [2.05, 4.69) is 28.1 Å². The van der Waals surface area contributed by atoms with Crippen LogP contribution in [0.1, 0.15) is 87.7 Å². The second-order valence-corrected chi connectivity index (χ2v) is 12.1. The molecule has 9 nitrogen and oxygen atoms in total. The molecule has 0 saturated carbocycles. The van der Waals surface area contributed by atoms with Gasteiger partial charge in [-0.15, -0.1) is 0 Å². The van der Waals surface area contributed by atoms with Crippen LogP contribution < -0.4 is 20.7 Å². The van der Waals surface area contributed by atoms with Gasteiger partial charge in [-0.2, -0.15) is 0 Å². The summed E-state index contributed by atoms with van der Waals surface area (Å²) in [7, 11) is 0. The molecule has 9 heteroatoms. The van der Waals surface area contributed by atoms with E-state index >= 15 is 0 Å². The standard InChI is InChI=1S/C33H47N3O6/c1-32(2)41-23-27-20-26(14-15-29(27)42-32)28(37)22-34-16-7-4-5-8-17-40-18-9-6-11-24-12-10-13-25(19-24)21-33(3)30(38)35-31(39)36-33/h10,12-15,19-20,28,34,37H,4-9,11,16-18,21-23H2,1-3H3,(H2,35,36,38,39). The molecule has 0 aliphatic carbocycles. The number of unbranched alkanes of at least 4 members (excludes halogenated alkanes) is 4. The highest BCUT2D eigenvalue weighted by Gasteiger charge is 2.41. The van der Waals surface area contributed by atoms with Crippen LogP contribution in [0.3, 0.4) is 0 Å². The third-order valence-corrected chi connectivity index (χ3v) is 7.80. The third-order valence-electron chi connectivity index (χ3n) is 7.80. The average Bonchev–Trinajstić information content (AvgIpc) is 3.20. The second kappa shape index (κ2) is 15.0. The molecule has 2 aromatic carbocycles. The molecule has 2 heterocycles. The first-order valence-electron chi connectivity index (χ1n) is 15.3. The molecule has 42 heavy (non-hydrogen) atoms. The van der Waals surface area contributed by atoms with Crippen molar-refractivity contribution in [1.29, 1.82) is 0 Å². The molecule has 2 unspecified atom stereocenters. The van der Waals surface area contributed by atoms with Crippen LogP contribution in [0, 0.1) is 0 Å². The Morgan fingerprint density at radius 3 is 2.52 bits per heavy atom. The topological polar surface area (TPSA) is 118 Å². The lowest BCUT2D eigenvalue weighted by Crippen LogP contribution is -2.45. The number of hydrogen-bond acceptors (Lipinski definition) is 7. The molecule has 0 radical (unpaired) electrons. The molecule has 2 atom stereocenters. The van der Waals surface area contributed by atoms with E-state index < -0.39 is 23.5 Å². The number of aliphatic hydroxyl groups excluding tert-OH is 1. The largest absolute Gasteiger partial charge is 0.463 e. The first-order chi connectivity index (χ1) is 20.1. The van der Waals surface area contributed by atoms with Gasteiger partial charge in [0.05, 0.1) is 12.7 Å². The van der Waals surface area contributed by atoms with Gasteiger partial charge in [0.25, 0.3) is 5.91 Å². The summed E-state index contributed by atoms with van der Waals surface area (Å²) >= 11 is 0. The lowest BCUT2D eigenvalue weighted by atomic mass is 9.92. The molecule has 2 aromatic rings. The number of urea groups is 1. The van der Waals surface area contributed by atoms with E-state index in [1.807, 2.05) is 44.2 Å². The fourth-order valence-electron chi connectivity index (χ4n) is 5.37. The highest BCUT2D eigenvalue weighted by molar-refractivity contribution is 6.06. The molecule has 1 saturated heterocycles. The number of fused-ring (bicyclic) bond motifs is 1. The molecular formula is C33H47N3O6. The van der Waals surface area contributed by atoms with Crippen LogP contribution in [0.15, 0.2) is 42.5 Å². The van der Waals surface area contributed by atoms with E-state index in [0.717, 1.165) is 87.1 Å². The fraction of sp³-hybridized carbons (Fsp3) is 0.576. The third kappa shape index (κ3) is 9.52. The molecule has 4 N–H and O–H groups in total. The van der Waals surface area contributed by atoms with Gasteiger partial charge in [-0.3, -0.25) is 10.1 Å². The maximum absolute atomic E-state index is 12.1. The Morgan fingerprint density at radius 2 is 1.74 bits per heavy atom. The molecular weight excluding hydrogens is 534 g/mol. The minimum atomic E-state index is -0.893. The van der Waals surface area contributed by atoms with E-state index in [1.165, 1.54) is 5.56 Å². The predicted molar refractivity (Wildman–Crippen MR) is 161 cm³/mol. The summed E-state index contributed by atoms with van der Waals surface area (Å²) < 4.78 is 17.4.